The van der Waals surface area contributed by atoms with Crippen LogP contribution in [0.3, 0.4) is 0 Å². The van der Waals surface area contributed by atoms with Crippen molar-refractivity contribution in [1.82, 2.24) is 10.6 Å². The molecule has 0 unspecified atom stereocenters. The van der Waals surface area contributed by atoms with Gasteiger partial charge in [-0.2, -0.15) is 0 Å². The summed E-state index contributed by atoms with van der Waals surface area (Å²) in [6.45, 7) is 2.05. The van der Waals surface area contributed by atoms with E-state index >= 15 is 0 Å². The summed E-state index contributed by atoms with van der Waals surface area (Å²) >= 11 is 1.66. The molecule has 0 spiro atoms. The van der Waals surface area contributed by atoms with Gasteiger partial charge in [0.1, 0.15) is 6.04 Å². The van der Waals surface area contributed by atoms with Gasteiger partial charge < -0.3 is 10.6 Å². The van der Waals surface area contributed by atoms with Crippen molar-refractivity contribution in [2.75, 3.05) is 7.05 Å². The van der Waals surface area contributed by atoms with Gasteiger partial charge in [0, 0.05) is 18.2 Å². The van der Waals surface area contributed by atoms with Crippen LogP contribution in [0.2, 0.25) is 0 Å². The van der Waals surface area contributed by atoms with E-state index in [0.717, 1.165) is 16.0 Å². The molecule has 3 aromatic rings. The van der Waals surface area contributed by atoms with Crippen LogP contribution in [0.15, 0.2) is 72.1 Å². The Morgan fingerprint density at radius 1 is 0.929 bits per heavy atom. The third kappa shape index (κ3) is 4.85. The van der Waals surface area contributed by atoms with Crippen molar-refractivity contribution in [3.05, 3.63) is 93.7 Å². The second-order valence-electron chi connectivity index (χ2n) is 6.55. The first-order chi connectivity index (χ1) is 13.6. The van der Waals surface area contributed by atoms with Crippen LogP contribution in [0, 0.1) is 6.92 Å². The van der Waals surface area contributed by atoms with E-state index in [1.165, 1.54) is 12.6 Å². The van der Waals surface area contributed by atoms with Gasteiger partial charge in [-0.3, -0.25) is 10.1 Å². The van der Waals surface area contributed by atoms with Crippen LogP contribution < -0.4 is 16.0 Å². The number of nitrogens with one attached hydrogen (secondary N) is 2. The molecule has 1 aromatic heterocycles. The summed E-state index contributed by atoms with van der Waals surface area (Å²) < 4.78 is 0. The van der Waals surface area contributed by atoms with Gasteiger partial charge in [0.2, 0.25) is 0 Å². The number of amides is 3. The van der Waals surface area contributed by atoms with Gasteiger partial charge >= 0.3 is 6.03 Å². The molecular weight excluding hydrogens is 370 g/mol. The van der Waals surface area contributed by atoms with Crippen LogP contribution >= 0.6 is 11.3 Å². The van der Waals surface area contributed by atoms with Gasteiger partial charge in [0.15, 0.2) is 6.04 Å². The standard InChI is InChI=1S/C22H23N3O2S/c1-15-10-12-17(13-11-15)19(18-9-6-14-28-18)24-20(16-7-4-3-5-8-16)21(26)25-22(27)23-2/h3-14,19-20,24H,1-2H3,(H2,23,25,26,27)/p+1/t19-,20-/m0/s1. The van der Waals surface area contributed by atoms with Crippen LogP contribution in [-0.4, -0.2) is 19.0 Å². The normalized spacial score (nSPS) is 12.8. The van der Waals surface area contributed by atoms with Gasteiger partial charge in [0.25, 0.3) is 5.91 Å². The highest BCUT2D eigenvalue weighted by Crippen LogP contribution is 2.24. The first-order valence-corrected chi connectivity index (χ1v) is 9.99. The zero-order chi connectivity index (χ0) is 19.9. The Hall–Kier alpha value is -2.96. The Morgan fingerprint density at radius 3 is 2.25 bits per heavy atom. The van der Waals surface area contributed by atoms with Crippen LogP contribution in [0.4, 0.5) is 4.79 Å². The molecule has 6 heteroatoms. The fourth-order valence-corrected chi connectivity index (χ4v) is 3.90. The van der Waals surface area contributed by atoms with Crippen molar-refractivity contribution in [3.63, 3.8) is 0 Å². The molecular formula is C22H24N3O2S+. The molecule has 1 heterocycles. The number of hydrogen-bond donors (Lipinski definition) is 3. The summed E-state index contributed by atoms with van der Waals surface area (Å²) in [7, 11) is 1.49. The minimum absolute atomic E-state index is 0.0544. The highest BCUT2D eigenvalue weighted by Gasteiger charge is 2.31. The van der Waals surface area contributed by atoms with Crippen molar-refractivity contribution in [2.45, 2.75) is 19.0 Å². The number of urea groups is 1. The van der Waals surface area contributed by atoms with Crippen LogP contribution in [-0.2, 0) is 4.79 Å². The molecule has 0 aliphatic rings. The Balaban J connectivity index is 1.96. The lowest BCUT2D eigenvalue weighted by atomic mass is 9.99. The molecule has 0 fully saturated rings. The van der Waals surface area contributed by atoms with Crippen LogP contribution in [0.5, 0.6) is 0 Å². The van der Waals surface area contributed by atoms with Crippen molar-refractivity contribution in [2.24, 2.45) is 0 Å². The first-order valence-electron chi connectivity index (χ1n) is 9.11. The average molecular weight is 395 g/mol. The molecule has 3 amide bonds. The Morgan fingerprint density at radius 2 is 1.64 bits per heavy atom. The van der Waals surface area contributed by atoms with Crippen molar-refractivity contribution >= 4 is 23.3 Å². The molecule has 2 aromatic carbocycles. The summed E-state index contributed by atoms with van der Waals surface area (Å²) in [4.78, 5) is 25.8. The van der Waals surface area contributed by atoms with E-state index < -0.39 is 12.1 Å². The second-order valence-corrected chi connectivity index (χ2v) is 7.53. The average Bonchev–Trinajstić information content (AvgIpc) is 3.24. The number of quaternary nitrogens is 1. The number of thiophene rings is 1. The lowest BCUT2D eigenvalue weighted by Crippen LogP contribution is -2.88. The highest BCUT2D eigenvalue weighted by atomic mass is 32.1. The van der Waals surface area contributed by atoms with E-state index in [1.54, 1.807) is 11.3 Å². The number of carbonyl (C=O) groups is 2. The summed E-state index contributed by atoms with van der Waals surface area (Å²) in [6.07, 6.45) is 0. The van der Waals surface area contributed by atoms with Crippen LogP contribution in [0.25, 0.3) is 0 Å². The maximum absolute atomic E-state index is 12.9. The lowest BCUT2D eigenvalue weighted by Gasteiger charge is -2.22. The molecule has 2 atom stereocenters. The number of aryl methyl sites for hydroxylation is 1. The Bertz CT molecular complexity index is 909. The summed E-state index contributed by atoms with van der Waals surface area (Å²) in [5, 5.41) is 8.91. The Labute approximate surface area is 168 Å². The second kappa shape index (κ2) is 9.30. The van der Waals surface area contributed by atoms with E-state index in [1.807, 2.05) is 47.1 Å². The molecule has 0 bridgehead atoms. The van der Waals surface area contributed by atoms with E-state index in [4.69, 9.17) is 0 Å². The number of hydrogen-bond acceptors (Lipinski definition) is 3. The van der Waals surface area contributed by atoms with Crippen molar-refractivity contribution in [3.8, 4) is 0 Å². The third-order valence-corrected chi connectivity index (χ3v) is 5.53. The smallest absolute Gasteiger partial charge is 0.321 e. The molecule has 3 rings (SSSR count). The maximum Gasteiger partial charge on any atom is 0.321 e. The van der Waals surface area contributed by atoms with Gasteiger partial charge in [-0.25, -0.2) is 4.79 Å². The van der Waals surface area contributed by atoms with Crippen molar-refractivity contribution in [1.29, 1.82) is 0 Å². The molecule has 4 N–H and O–H groups in total. The molecule has 0 saturated carbocycles. The monoisotopic (exact) mass is 394 g/mol. The fourth-order valence-electron chi connectivity index (χ4n) is 3.07. The molecule has 0 radical (unpaired) electrons. The molecule has 5 nitrogen and oxygen atoms in total. The number of benzene rings is 2. The summed E-state index contributed by atoms with van der Waals surface area (Å²) in [6, 6.07) is 20.8. The third-order valence-electron chi connectivity index (χ3n) is 4.58. The molecule has 0 aliphatic heterocycles. The van der Waals surface area contributed by atoms with Gasteiger partial charge in [-0.1, -0.05) is 66.2 Å². The van der Waals surface area contributed by atoms with E-state index in [9.17, 15) is 9.59 Å². The quantitative estimate of drug-likeness (QED) is 0.601. The maximum atomic E-state index is 12.9. The predicted octanol–water partition coefficient (Wildman–Crippen LogP) is 2.91. The zero-order valence-electron chi connectivity index (χ0n) is 15.9. The molecule has 144 valence electrons. The minimum atomic E-state index is -0.563. The van der Waals surface area contributed by atoms with Gasteiger partial charge in [-0.15, -0.1) is 11.3 Å². The minimum Gasteiger partial charge on any atom is -0.341 e. The summed E-state index contributed by atoms with van der Waals surface area (Å²) in [5.74, 6) is -0.348. The lowest BCUT2D eigenvalue weighted by molar-refractivity contribution is -0.713. The van der Waals surface area contributed by atoms with E-state index in [-0.39, 0.29) is 11.9 Å². The largest absolute Gasteiger partial charge is 0.341 e. The van der Waals surface area contributed by atoms with Crippen LogP contribution in [0.1, 0.15) is 33.7 Å². The van der Waals surface area contributed by atoms with E-state index in [0.29, 0.717) is 0 Å². The highest BCUT2D eigenvalue weighted by molar-refractivity contribution is 7.10. The summed E-state index contributed by atoms with van der Waals surface area (Å²) in [5.41, 5.74) is 3.14. The predicted molar refractivity (Wildman–Crippen MR) is 111 cm³/mol. The Kier molecular flexibility index (Phi) is 6.57. The molecule has 0 saturated heterocycles. The zero-order valence-corrected chi connectivity index (χ0v) is 16.7. The van der Waals surface area contributed by atoms with Crippen molar-refractivity contribution < 1.29 is 14.9 Å². The fraction of sp³-hybridized carbons (Fsp3) is 0.182. The van der Waals surface area contributed by atoms with Gasteiger partial charge in [-0.05, 0) is 18.4 Å². The SMILES string of the molecule is CNC(=O)NC(=O)[C@@H]([NH2+][C@@H](c1ccc(C)cc1)c1cccs1)c1ccccc1. The molecule has 28 heavy (non-hydrogen) atoms. The number of nitrogens with two attached hydrogens (primary N) is 1. The van der Waals surface area contributed by atoms with E-state index in [2.05, 4.69) is 47.9 Å². The van der Waals surface area contributed by atoms with Gasteiger partial charge in [0.05, 0.1) is 4.88 Å². The number of rotatable bonds is 6. The first kappa shape index (κ1) is 19.8. The topological polar surface area (TPSA) is 74.8 Å². The number of imide groups is 1. The number of carbonyl (C=O) groups excluding carboxylic acids is 2. The molecule has 0 aliphatic carbocycles.